The topological polar surface area (TPSA) is 51.9 Å². The minimum absolute atomic E-state index is 0.124. The van der Waals surface area contributed by atoms with Crippen LogP contribution in [-0.4, -0.2) is 32.4 Å². The molecule has 2 heterocycles. The Hall–Kier alpha value is -3.76. The van der Waals surface area contributed by atoms with Gasteiger partial charge in [0.15, 0.2) is 0 Å². The van der Waals surface area contributed by atoms with Crippen molar-refractivity contribution < 1.29 is 31.1 Å². The molecule has 4 aromatic rings. The number of anilines is 1. The van der Waals surface area contributed by atoms with Crippen molar-refractivity contribution in [1.29, 1.82) is 0 Å². The highest BCUT2D eigenvalue weighted by Gasteiger charge is 2.56. The minimum Gasteiger partial charge on any atom is -0.347 e. The van der Waals surface area contributed by atoms with Gasteiger partial charge in [0.25, 0.3) is 5.91 Å². The van der Waals surface area contributed by atoms with Crippen LogP contribution in [0, 0.1) is 5.82 Å². The molecule has 11 heteroatoms. The summed E-state index contributed by atoms with van der Waals surface area (Å²) in [5, 5.41) is 8.09. The van der Waals surface area contributed by atoms with Crippen LogP contribution in [0.5, 0.6) is 0 Å². The molecule has 1 amide bonds. The number of nitrogens with zero attached hydrogens (tertiary/aromatic N) is 3. The number of fused-ring (bicyclic) bond motifs is 1. The second kappa shape index (κ2) is 10.4. The normalized spacial score (nSPS) is 12.7. The number of alkyl halides is 5. The number of rotatable bonds is 8. The van der Waals surface area contributed by atoms with Gasteiger partial charge >= 0.3 is 12.1 Å². The molecule has 0 atom stereocenters. The van der Waals surface area contributed by atoms with Gasteiger partial charge in [-0.25, -0.2) is 4.39 Å². The lowest BCUT2D eigenvalue weighted by atomic mass is 10.0. The van der Waals surface area contributed by atoms with Gasteiger partial charge in [-0.15, -0.1) is 0 Å². The SMILES string of the molecule is CC(C)(C)n1ncc(C(=O)Nc2ccc3ccn(CCCCC(F)(F)C(F)(F)F)c3c2)c1-c1ccc(F)cc1. The van der Waals surface area contributed by atoms with E-state index >= 15 is 0 Å². The van der Waals surface area contributed by atoms with E-state index in [1.807, 2.05) is 20.8 Å². The smallest absolute Gasteiger partial charge is 0.347 e. The third-order valence-electron chi connectivity index (χ3n) is 6.35. The number of nitrogens with one attached hydrogen (secondary N) is 1. The number of benzene rings is 2. The largest absolute Gasteiger partial charge is 0.453 e. The first kappa shape index (κ1) is 28.3. The van der Waals surface area contributed by atoms with Crippen LogP contribution < -0.4 is 5.32 Å². The monoisotopic (exact) mass is 550 g/mol. The van der Waals surface area contributed by atoms with Gasteiger partial charge in [0, 0.05) is 30.4 Å². The highest BCUT2D eigenvalue weighted by atomic mass is 19.4. The Morgan fingerprint density at radius 3 is 2.28 bits per heavy atom. The lowest BCUT2D eigenvalue weighted by Crippen LogP contribution is -2.36. The molecule has 4 rings (SSSR count). The van der Waals surface area contributed by atoms with Crippen molar-refractivity contribution in [3.05, 3.63) is 72.3 Å². The van der Waals surface area contributed by atoms with Crippen molar-refractivity contribution >= 4 is 22.5 Å². The number of hydrogen-bond donors (Lipinski definition) is 1. The molecule has 0 fully saturated rings. The molecule has 5 nitrogen and oxygen atoms in total. The molecular weight excluding hydrogens is 522 g/mol. The number of aromatic nitrogens is 3. The number of carbonyl (C=O) groups is 1. The molecule has 0 saturated carbocycles. The van der Waals surface area contributed by atoms with Gasteiger partial charge in [-0.2, -0.15) is 27.1 Å². The van der Waals surface area contributed by atoms with Crippen LogP contribution in [0.25, 0.3) is 22.2 Å². The highest BCUT2D eigenvalue weighted by molar-refractivity contribution is 6.08. The molecule has 0 aliphatic rings. The molecule has 0 radical (unpaired) electrons. The summed E-state index contributed by atoms with van der Waals surface area (Å²) in [6.45, 7) is 6.03. The van der Waals surface area contributed by atoms with Crippen LogP contribution in [0.1, 0.15) is 50.4 Å². The minimum atomic E-state index is -5.56. The summed E-state index contributed by atoms with van der Waals surface area (Å²) >= 11 is 0. The summed E-state index contributed by atoms with van der Waals surface area (Å²) in [4.78, 5) is 13.4. The van der Waals surface area contributed by atoms with Crippen LogP contribution in [0.15, 0.2) is 60.9 Å². The van der Waals surface area contributed by atoms with Gasteiger partial charge in [-0.3, -0.25) is 9.48 Å². The Labute approximate surface area is 221 Å². The van der Waals surface area contributed by atoms with Crippen molar-refractivity contribution in [2.75, 3.05) is 5.32 Å². The van der Waals surface area contributed by atoms with Crippen LogP contribution >= 0.6 is 0 Å². The maximum absolute atomic E-state index is 13.6. The number of aryl methyl sites for hydroxylation is 1. The first-order chi connectivity index (χ1) is 18.2. The van der Waals surface area contributed by atoms with E-state index in [0.29, 0.717) is 22.5 Å². The summed E-state index contributed by atoms with van der Waals surface area (Å²) in [5.41, 5.74) is 2.13. The van der Waals surface area contributed by atoms with Crippen LogP contribution in [0.3, 0.4) is 0 Å². The first-order valence-electron chi connectivity index (χ1n) is 12.4. The van der Waals surface area contributed by atoms with Crippen molar-refractivity contribution in [1.82, 2.24) is 14.3 Å². The van der Waals surface area contributed by atoms with E-state index in [-0.39, 0.29) is 24.9 Å². The third-order valence-corrected chi connectivity index (χ3v) is 6.35. The van der Waals surface area contributed by atoms with E-state index in [0.717, 1.165) is 5.39 Å². The van der Waals surface area contributed by atoms with E-state index in [2.05, 4.69) is 10.4 Å². The van der Waals surface area contributed by atoms with E-state index in [1.165, 1.54) is 18.3 Å². The van der Waals surface area contributed by atoms with E-state index in [1.54, 1.807) is 51.8 Å². The standard InChI is InChI=1S/C28H28F6N4O/c1-26(2,3)38-24(19-6-9-20(29)10-7-19)22(17-35-38)25(39)36-21-11-8-18-12-15-37(23(18)16-21)14-5-4-13-27(30,31)28(32,33)34/h6-12,15-17H,4-5,13-14H2,1-3H3,(H,36,39). The number of amides is 1. The predicted octanol–water partition coefficient (Wildman–Crippen LogP) is 8.02. The molecule has 0 unspecified atom stereocenters. The first-order valence-corrected chi connectivity index (χ1v) is 12.4. The Morgan fingerprint density at radius 2 is 1.64 bits per heavy atom. The molecule has 1 N–H and O–H groups in total. The quantitative estimate of drug-likeness (QED) is 0.178. The molecule has 39 heavy (non-hydrogen) atoms. The zero-order chi connectivity index (χ0) is 28.6. The fourth-order valence-corrected chi connectivity index (χ4v) is 4.33. The molecule has 0 bridgehead atoms. The molecule has 2 aromatic carbocycles. The second-order valence-corrected chi connectivity index (χ2v) is 10.4. The summed E-state index contributed by atoms with van der Waals surface area (Å²) < 4.78 is 80.6. The molecule has 0 aliphatic carbocycles. The van der Waals surface area contributed by atoms with Crippen molar-refractivity contribution in [3.63, 3.8) is 0 Å². The number of hydrogen-bond acceptors (Lipinski definition) is 2. The molecule has 0 saturated heterocycles. The van der Waals surface area contributed by atoms with Crippen molar-refractivity contribution in [2.24, 2.45) is 0 Å². The summed E-state index contributed by atoms with van der Waals surface area (Å²) in [7, 11) is 0. The Bertz CT molecular complexity index is 1460. The third kappa shape index (κ3) is 6.12. The highest BCUT2D eigenvalue weighted by Crippen LogP contribution is 2.39. The van der Waals surface area contributed by atoms with Crippen molar-refractivity contribution in [2.45, 2.75) is 64.2 Å². The Morgan fingerprint density at radius 1 is 0.949 bits per heavy atom. The van der Waals surface area contributed by atoms with Gasteiger partial charge in [-0.1, -0.05) is 6.07 Å². The van der Waals surface area contributed by atoms with Crippen LogP contribution in [0.4, 0.5) is 32.0 Å². The van der Waals surface area contributed by atoms with Gasteiger partial charge < -0.3 is 9.88 Å². The zero-order valence-corrected chi connectivity index (χ0v) is 21.6. The van der Waals surface area contributed by atoms with E-state index in [4.69, 9.17) is 0 Å². The summed E-state index contributed by atoms with van der Waals surface area (Å²) in [6.07, 6.45) is -3.82. The lowest BCUT2D eigenvalue weighted by molar-refractivity contribution is -0.284. The maximum atomic E-state index is 13.6. The maximum Gasteiger partial charge on any atom is 0.453 e. The number of unbranched alkanes of at least 4 members (excludes halogenated alkanes) is 1. The van der Waals surface area contributed by atoms with Crippen LogP contribution in [0.2, 0.25) is 0 Å². The Balaban J connectivity index is 1.53. The molecule has 0 aliphatic heterocycles. The van der Waals surface area contributed by atoms with E-state index in [9.17, 15) is 31.1 Å². The molecule has 0 spiro atoms. The number of halogens is 6. The molecule has 2 aromatic heterocycles. The van der Waals surface area contributed by atoms with Crippen LogP contribution in [-0.2, 0) is 12.1 Å². The average molecular weight is 551 g/mol. The van der Waals surface area contributed by atoms with Gasteiger partial charge in [-0.05, 0) is 81.5 Å². The fourth-order valence-electron chi connectivity index (χ4n) is 4.33. The molecule has 208 valence electrons. The van der Waals surface area contributed by atoms with Gasteiger partial charge in [0.2, 0.25) is 0 Å². The average Bonchev–Trinajstić information content (AvgIpc) is 3.46. The fraction of sp³-hybridized carbons (Fsp3) is 0.357. The zero-order valence-electron chi connectivity index (χ0n) is 21.6. The van der Waals surface area contributed by atoms with Gasteiger partial charge in [0.05, 0.1) is 28.5 Å². The molecular formula is C28H28F6N4O. The predicted molar refractivity (Wildman–Crippen MR) is 137 cm³/mol. The Kier molecular flexibility index (Phi) is 7.55. The summed E-state index contributed by atoms with van der Waals surface area (Å²) in [5.74, 6) is -5.55. The number of carbonyl (C=O) groups excluding carboxylic acids is 1. The van der Waals surface area contributed by atoms with E-state index < -0.39 is 35.8 Å². The lowest BCUT2D eigenvalue weighted by Gasteiger charge is -2.23. The van der Waals surface area contributed by atoms with Crippen molar-refractivity contribution in [3.8, 4) is 11.3 Å². The summed E-state index contributed by atoms with van der Waals surface area (Å²) in [6, 6.07) is 12.8. The second-order valence-electron chi connectivity index (χ2n) is 10.4. The van der Waals surface area contributed by atoms with Gasteiger partial charge in [0.1, 0.15) is 5.82 Å².